The summed E-state index contributed by atoms with van der Waals surface area (Å²) in [4.78, 5) is 11.1. The maximum atomic E-state index is 12.2. The van der Waals surface area contributed by atoms with Crippen molar-refractivity contribution in [2.24, 2.45) is 5.41 Å². The van der Waals surface area contributed by atoms with Crippen LogP contribution in [0.4, 0.5) is 0 Å². The van der Waals surface area contributed by atoms with E-state index in [4.69, 9.17) is 5.11 Å². The number of hydrogen-bond donors (Lipinski definition) is 2. The Morgan fingerprint density at radius 1 is 1.14 bits per heavy atom. The third kappa shape index (κ3) is 3.40. The topological polar surface area (TPSA) is 83.5 Å². The van der Waals surface area contributed by atoms with E-state index in [1.54, 1.807) is 12.1 Å². The molecule has 0 bridgehead atoms. The molecule has 0 aliphatic rings. The number of benzene rings is 2. The summed E-state index contributed by atoms with van der Waals surface area (Å²) in [6, 6.07) is 12.3. The predicted molar refractivity (Wildman–Crippen MR) is 80.6 cm³/mol. The third-order valence-corrected chi connectivity index (χ3v) is 4.71. The molecule has 0 spiro atoms. The number of fused-ring (bicyclic) bond motifs is 1. The summed E-state index contributed by atoms with van der Waals surface area (Å²) in [5.74, 6) is -1.05. The van der Waals surface area contributed by atoms with Gasteiger partial charge in [0.25, 0.3) is 0 Å². The number of nitrogens with one attached hydrogen (secondary N) is 1. The average Bonchev–Trinajstić information content (AvgIpc) is 2.45. The second-order valence-electron chi connectivity index (χ2n) is 5.52. The molecule has 21 heavy (non-hydrogen) atoms. The van der Waals surface area contributed by atoms with Crippen molar-refractivity contribution in [1.82, 2.24) is 4.72 Å². The lowest BCUT2D eigenvalue weighted by atomic mass is 9.95. The summed E-state index contributed by atoms with van der Waals surface area (Å²) >= 11 is 0. The van der Waals surface area contributed by atoms with Crippen LogP contribution < -0.4 is 4.72 Å². The van der Waals surface area contributed by atoms with E-state index in [0.717, 1.165) is 10.8 Å². The molecule has 2 aromatic carbocycles. The van der Waals surface area contributed by atoms with Crippen molar-refractivity contribution in [3.8, 4) is 0 Å². The zero-order chi connectivity index (χ0) is 15.7. The van der Waals surface area contributed by atoms with Crippen molar-refractivity contribution >= 4 is 26.8 Å². The Morgan fingerprint density at radius 3 is 2.38 bits per heavy atom. The van der Waals surface area contributed by atoms with E-state index < -0.39 is 21.4 Å². The van der Waals surface area contributed by atoms with Crippen LogP contribution in [0.25, 0.3) is 10.8 Å². The van der Waals surface area contributed by atoms with Gasteiger partial charge >= 0.3 is 5.97 Å². The number of carboxylic acid groups (broad SMARTS) is 1. The number of aliphatic carboxylic acids is 1. The van der Waals surface area contributed by atoms with Crippen LogP contribution in [0, 0.1) is 5.41 Å². The van der Waals surface area contributed by atoms with Crippen LogP contribution in [0.5, 0.6) is 0 Å². The number of rotatable bonds is 5. The fourth-order valence-electron chi connectivity index (χ4n) is 1.77. The fourth-order valence-corrected chi connectivity index (χ4v) is 3.02. The summed E-state index contributed by atoms with van der Waals surface area (Å²) < 4.78 is 26.8. The molecule has 0 radical (unpaired) electrons. The van der Waals surface area contributed by atoms with Crippen molar-refractivity contribution in [2.75, 3.05) is 6.54 Å². The predicted octanol–water partition coefficient (Wildman–Crippen LogP) is 2.23. The summed E-state index contributed by atoms with van der Waals surface area (Å²) in [6.07, 6.45) is 0. The highest BCUT2D eigenvalue weighted by atomic mass is 32.2. The third-order valence-electron chi connectivity index (χ3n) is 3.31. The highest BCUT2D eigenvalue weighted by molar-refractivity contribution is 7.89. The molecular formula is C15H17NO4S. The number of carbonyl (C=O) groups is 1. The van der Waals surface area contributed by atoms with Crippen molar-refractivity contribution in [3.05, 3.63) is 42.5 Å². The average molecular weight is 307 g/mol. The molecule has 0 amide bonds. The molecule has 0 atom stereocenters. The van der Waals surface area contributed by atoms with Gasteiger partial charge in [-0.2, -0.15) is 0 Å². The minimum absolute atomic E-state index is 0.127. The van der Waals surface area contributed by atoms with Crippen molar-refractivity contribution < 1.29 is 18.3 Å². The zero-order valence-electron chi connectivity index (χ0n) is 11.8. The van der Waals surface area contributed by atoms with E-state index in [2.05, 4.69) is 4.72 Å². The lowest BCUT2D eigenvalue weighted by molar-refractivity contribution is -0.146. The van der Waals surface area contributed by atoms with E-state index in [0.29, 0.717) is 0 Å². The van der Waals surface area contributed by atoms with E-state index in [-0.39, 0.29) is 11.4 Å². The van der Waals surface area contributed by atoms with Crippen molar-refractivity contribution in [1.29, 1.82) is 0 Å². The second kappa shape index (κ2) is 5.46. The molecule has 0 aliphatic carbocycles. The maximum absolute atomic E-state index is 12.2. The molecule has 6 heteroatoms. The first-order chi connectivity index (χ1) is 9.72. The number of carboxylic acids is 1. The summed E-state index contributed by atoms with van der Waals surface area (Å²) in [7, 11) is -3.73. The normalized spacial score (nSPS) is 12.5. The first-order valence-corrected chi connectivity index (χ1v) is 7.92. The number of sulfonamides is 1. The van der Waals surface area contributed by atoms with Gasteiger partial charge in [0, 0.05) is 6.54 Å². The van der Waals surface area contributed by atoms with Gasteiger partial charge in [-0.15, -0.1) is 0 Å². The maximum Gasteiger partial charge on any atom is 0.310 e. The first kappa shape index (κ1) is 15.5. The SMILES string of the molecule is CC(C)(CNS(=O)(=O)c1ccc2ccccc2c1)C(=O)O. The van der Waals surface area contributed by atoms with Crippen LogP contribution in [0.2, 0.25) is 0 Å². The molecule has 0 fully saturated rings. The molecule has 2 aromatic rings. The summed E-state index contributed by atoms with van der Waals surface area (Å²) in [6.45, 7) is 2.77. The largest absolute Gasteiger partial charge is 0.481 e. The molecule has 2 rings (SSSR count). The first-order valence-electron chi connectivity index (χ1n) is 6.44. The molecule has 0 aromatic heterocycles. The Labute approximate surface area is 123 Å². The molecule has 0 unspecified atom stereocenters. The lowest BCUT2D eigenvalue weighted by Gasteiger charge is -2.19. The van der Waals surface area contributed by atoms with Gasteiger partial charge in [0.1, 0.15) is 0 Å². The van der Waals surface area contributed by atoms with Gasteiger partial charge < -0.3 is 5.11 Å². The molecule has 112 valence electrons. The second-order valence-corrected chi connectivity index (χ2v) is 7.29. The van der Waals surface area contributed by atoms with Gasteiger partial charge in [-0.25, -0.2) is 13.1 Å². The van der Waals surface area contributed by atoms with E-state index in [1.807, 2.05) is 24.3 Å². The highest BCUT2D eigenvalue weighted by Gasteiger charge is 2.29. The Kier molecular flexibility index (Phi) is 4.02. The van der Waals surface area contributed by atoms with Crippen molar-refractivity contribution in [2.45, 2.75) is 18.7 Å². The summed E-state index contributed by atoms with van der Waals surface area (Å²) in [5, 5.41) is 10.8. The molecule has 0 heterocycles. The minimum Gasteiger partial charge on any atom is -0.481 e. The van der Waals surface area contributed by atoms with Gasteiger partial charge in [-0.1, -0.05) is 30.3 Å². The van der Waals surface area contributed by atoms with Gasteiger partial charge in [0.15, 0.2) is 0 Å². The van der Waals surface area contributed by atoms with E-state index in [9.17, 15) is 13.2 Å². The Bertz CT molecular complexity index is 781. The standard InChI is InChI=1S/C15H17NO4S/c1-15(2,14(17)18)10-16-21(19,20)13-8-7-11-5-3-4-6-12(11)9-13/h3-9,16H,10H2,1-2H3,(H,17,18). The Hall–Kier alpha value is -1.92. The van der Waals surface area contributed by atoms with Crippen LogP contribution in [0.15, 0.2) is 47.4 Å². The zero-order valence-corrected chi connectivity index (χ0v) is 12.6. The molecule has 2 N–H and O–H groups in total. The van der Waals surface area contributed by atoms with E-state index in [1.165, 1.54) is 19.9 Å². The molecular weight excluding hydrogens is 290 g/mol. The smallest absolute Gasteiger partial charge is 0.310 e. The van der Waals surface area contributed by atoms with Gasteiger partial charge in [-0.3, -0.25) is 4.79 Å². The Morgan fingerprint density at radius 2 is 1.76 bits per heavy atom. The van der Waals surface area contributed by atoms with Crippen LogP contribution in [0.1, 0.15) is 13.8 Å². The minimum atomic E-state index is -3.73. The van der Waals surface area contributed by atoms with Gasteiger partial charge in [0.2, 0.25) is 10.0 Å². The monoisotopic (exact) mass is 307 g/mol. The highest BCUT2D eigenvalue weighted by Crippen LogP contribution is 2.20. The number of hydrogen-bond acceptors (Lipinski definition) is 3. The lowest BCUT2D eigenvalue weighted by Crippen LogP contribution is -2.38. The van der Waals surface area contributed by atoms with Crippen LogP contribution in [-0.2, 0) is 14.8 Å². The van der Waals surface area contributed by atoms with Gasteiger partial charge in [0.05, 0.1) is 10.3 Å². The quantitative estimate of drug-likeness (QED) is 0.887. The van der Waals surface area contributed by atoms with Crippen LogP contribution in [-0.4, -0.2) is 26.0 Å². The van der Waals surface area contributed by atoms with Crippen LogP contribution >= 0.6 is 0 Å². The summed E-state index contributed by atoms with van der Waals surface area (Å²) in [5.41, 5.74) is -1.16. The van der Waals surface area contributed by atoms with E-state index >= 15 is 0 Å². The molecule has 0 saturated carbocycles. The Balaban J connectivity index is 2.27. The molecule has 0 saturated heterocycles. The van der Waals surface area contributed by atoms with Crippen LogP contribution in [0.3, 0.4) is 0 Å². The molecule has 0 aliphatic heterocycles. The fraction of sp³-hybridized carbons (Fsp3) is 0.267. The van der Waals surface area contributed by atoms with Gasteiger partial charge in [-0.05, 0) is 36.8 Å². The van der Waals surface area contributed by atoms with Crippen molar-refractivity contribution in [3.63, 3.8) is 0 Å². The molecule has 5 nitrogen and oxygen atoms in total.